The van der Waals surface area contributed by atoms with Gasteiger partial charge in [0.1, 0.15) is 21.9 Å². The maximum Gasteiger partial charge on any atom is 0.322 e. The second kappa shape index (κ2) is 14.2. The first-order valence-corrected chi connectivity index (χ1v) is 20.5. The Bertz CT molecular complexity index is 2220. The van der Waals surface area contributed by atoms with Gasteiger partial charge in [-0.25, -0.2) is 0 Å². The lowest BCUT2D eigenvalue weighted by atomic mass is 9.81. The molecule has 0 N–H and O–H groups in total. The van der Waals surface area contributed by atoms with Crippen molar-refractivity contribution in [2.75, 3.05) is 13.2 Å². The number of amides is 4. The Kier molecular flexibility index (Phi) is 10.1. The number of hydrogen-bond donors (Lipinski definition) is 0. The van der Waals surface area contributed by atoms with Gasteiger partial charge >= 0.3 is 11.9 Å². The Morgan fingerprint density at radius 2 is 0.786 bits per heavy atom. The lowest BCUT2D eigenvalue weighted by Crippen LogP contribution is -2.50. The number of hydrogen-bond acceptors (Lipinski definition) is 8. The van der Waals surface area contributed by atoms with Crippen LogP contribution in [0.3, 0.4) is 0 Å². The second-order valence-electron chi connectivity index (χ2n) is 16.8. The summed E-state index contributed by atoms with van der Waals surface area (Å²) < 4.78 is 9.40. The smallest absolute Gasteiger partial charge is 0.322 e. The first-order chi connectivity index (χ1) is 26.2. The van der Waals surface area contributed by atoms with Crippen molar-refractivity contribution in [1.82, 2.24) is 9.80 Å². The summed E-state index contributed by atoms with van der Waals surface area (Å²) in [6.07, 6.45) is 0.880. The normalized spacial score (nSPS) is 16.0. The maximum absolute atomic E-state index is 14.4. The second-order valence-corrected chi connectivity index (χ2v) is 20.8. The van der Waals surface area contributed by atoms with Crippen LogP contribution in [0.2, 0.25) is 0 Å². The van der Waals surface area contributed by atoms with Crippen molar-refractivity contribution in [3.8, 4) is 0 Å². The summed E-state index contributed by atoms with van der Waals surface area (Å²) in [6.45, 7) is 14.4. The molecule has 10 nitrogen and oxygen atoms in total. The van der Waals surface area contributed by atoms with Crippen molar-refractivity contribution in [1.29, 1.82) is 0 Å². The number of benzene rings is 5. The predicted octanol–water partition coefficient (Wildman–Crippen LogP) is 9.19. The summed E-state index contributed by atoms with van der Waals surface area (Å²) in [7, 11) is 0. The molecule has 0 saturated carbocycles. The standard InChI is InChI=1S/C44H44Br2N2O8/c1-21(2)17-23(19-55-41(53)43(5,6)45)47-37(49)29-13-9-25-27-11-15-31-36-32(16-12-28(34(27)36)26-10-14-30(38(47)50)35(29)33(25)26)40(52)48(39(31)51)24(18-22(3)4)20-56-42(54)44(7,8)46/h9-16,21-24H,17-20H2,1-8H3. The average Bonchev–Trinajstić information content (AvgIpc) is 3.11. The minimum Gasteiger partial charge on any atom is -0.462 e. The highest BCUT2D eigenvalue weighted by Crippen LogP contribution is 2.47. The molecule has 7 rings (SSSR count). The van der Waals surface area contributed by atoms with E-state index < -0.39 is 56.3 Å². The largest absolute Gasteiger partial charge is 0.462 e. The number of rotatable bonds is 12. The van der Waals surface area contributed by atoms with Gasteiger partial charge in [0.25, 0.3) is 23.6 Å². The highest BCUT2D eigenvalue weighted by Gasteiger charge is 2.42. The van der Waals surface area contributed by atoms with Gasteiger partial charge in [0, 0.05) is 33.0 Å². The van der Waals surface area contributed by atoms with Crippen LogP contribution >= 0.6 is 31.9 Å². The zero-order chi connectivity index (χ0) is 40.8. The molecule has 5 aromatic rings. The van der Waals surface area contributed by atoms with Crippen molar-refractivity contribution < 1.29 is 38.2 Å². The number of alkyl halides is 2. The van der Waals surface area contributed by atoms with Crippen LogP contribution in [0.5, 0.6) is 0 Å². The van der Waals surface area contributed by atoms with Crippen LogP contribution in [-0.4, -0.2) is 79.3 Å². The summed E-state index contributed by atoms with van der Waals surface area (Å²) >= 11 is 6.66. The molecule has 4 amide bonds. The quantitative estimate of drug-likeness (QED) is 0.0399. The predicted molar refractivity (Wildman–Crippen MR) is 223 cm³/mol. The zero-order valence-electron chi connectivity index (χ0n) is 32.7. The zero-order valence-corrected chi connectivity index (χ0v) is 35.8. The average molecular weight is 889 g/mol. The molecule has 2 heterocycles. The number of halogens is 2. The van der Waals surface area contributed by atoms with Crippen LogP contribution in [0.4, 0.5) is 0 Å². The lowest BCUT2D eigenvalue weighted by Gasteiger charge is -2.36. The van der Waals surface area contributed by atoms with E-state index in [1.54, 1.807) is 52.0 Å². The van der Waals surface area contributed by atoms with Crippen LogP contribution in [0.1, 0.15) is 110 Å². The fraction of sp³-hybridized carbons (Fsp3) is 0.409. The summed E-state index contributed by atoms with van der Waals surface area (Å²) in [4.78, 5) is 85.4. The molecule has 0 aliphatic carbocycles. The van der Waals surface area contributed by atoms with Crippen LogP contribution in [0.15, 0.2) is 48.5 Å². The number of imide groups is 2. The van der Waals surface area contributed by atoms with Gasteiger partial charge in [-0.1, -0.05) is 83.8 Å². The number of carbonyl (C=O) groups excluding carboxylic acids is 6. The molecular formula is C44H44Br2N2O8. The Labute approximate surface area is 341 Å². The van der Waals surface area contributed by atoms with E-state index in [9.17, 15) is 28.8 Å². The maximum atomic E-state index is 14.4. The van der Waals surface area contributed by atoms with Crippen LogP contribution in [0.25, 0.3) is 43.1 Å². The van der Waals surface area contributed by atoms with Crippen LogP contribution in [0, 0.1) is 11.8 Å². The lowest BCUT2D eigenvalue weighted by molar-refractivity contribution is -0.147. The molecule has 12 heteroatoms. The molecule has 2 aliphatic rings. The van der Waals surface area contributed by atoms with E-state index >= 15 is 0 Å². The van der Waals surface area contributed by atoms with E-state index in [-0.39, 0.29) is 25.0 Å². The number of carbonyl (C=O) groups is 6. The molecule has 2 atom stereocenters. The van der Waals surface area contributed by atoms with Crippen molar-refractivity contribution in [3.05, 3.63) is 70.8 Å². The molecule has 0 aromatic heterocycles. The number of ether oxygens (including phenoxy) is 2. The van der Waals surface area contributed by atoms with E-state index in [0.717, 1.165) is 32.3 Å². The Morgan fingerprint density at radius 1 is 0.518 bits per heavy atom. The summed E-state index contributed by atoms with van der Waals surface area (Å²) in [6, 6.07) is 13.0. The SMILES string of the molecule is CC(C)CC(COC(=O)C(C)(C)Br)N1C(=O)c2ccc3c4ccc5c6c(ccc(c7ccc(c2c37)C1=O)c64)C(=O)N(C(COC(=O)C(C)(C)Br)CC(C)C)C5=O. The molecule has 0 spiro atoms. The van der Waals surface area contributed by atoms with Crippen molar-refractivity contribution in [2.24, 2.45) is 11.8 Å². The Balaban J connectivity index is 1.34. The van der Waals surface area contributed by atoms with E-state index in [4.69, 9.17) is 9.47 Å². The van der Waals surface area contributed by atoms with Gasteiger partial charge in [-0.2, -0.15) is 0 Å². The first kappa shape index (κ1) is 39.8. The molecule has 0 saturated heterocycles. The van der Waals surface area contributed by atoms with Crippen molar-refractivity contribution >= 4 is 111 Å². The molecule has 0 fully saturated rings. The van der Waals surface area contributed by atoms with Crippen LogP contribution in [-0.2, 0) is 19.1 Å². The highest BCUT2D eigenvalue weighted by molar-refractivity contribution is 9.10. The summed E-state index contributed by atoms with van der Waals surface area (Å²) in [5.41, 5.74) is 1.49. The number of esters is 2. The van der Waals surface area contributed by atoms with E-state index in [1.807, 2.05) is 52.0 Å². The minimum atomic E-state index is -0.930. The minimum absolute atomic E-state index is 0.0998. The van der Waals surface area contributed by atoms with Gasteiger partial charge in [-0.3, -0.25) is 38.6 Å². The van der Waals surface area contributed by atoms with Crippen LogP contribution < -0.4 is 0 Å². The van der Waals surface area contributed by atoms with Gasteiger partial charge in [-0.05, 0) is 109 Å². The van der Waals surface area contributed by atoms with E-state index in [2.05, 4.69) is 31.9 Å². The van der Waals surface area contributed by atoms with E-state index in [0.29, 0.717) is 45.9 Å². The van der Waals surface area contributed by atoms with Gasteiger partial charge in [-0.15, -0.1) is 0 Å². The fourth-order valence-corrected chi connectivity index (χ4v) is 8.47. The van der Waals surface area contributed by atoms with Gasteiger partial charge in [0.15, 0.2) is 0 Å². The monoisotopic (exact) mass is 886 g/mol. The Hall–Kier alpha value is -4.42. The van der Waals surface area contributed by atoms with Gasteiger partial charge in [0.05, 0.1) is 12.1 Å². The molecule has 0 bridgehead atoms. The molecule has 56 heavy (non-hydrogen) atoms. The molecule has 2 aliphatic heterocycles. The third-order valence-corrected chi connectivity index (χ3v) is 11.3. The number of fused-ring (bicyclic) bond motifs is 2. The fourth-order valence-electron chi connectivity index (χ4n) is 8.24. The molecular weight excluding hydrogens is 844 g/mol. The van der Waals surface area contributed by atoms with Crippen molar-refractivity contribution in [3.63, 3.8) is 0 Å². The van der Waals surface area contributed by atoms with Crippen molar-refractivity contribution in [2.45, 2.75) is 89.0 Å². The van der Waals surface area contributed by atoms with E-state index in [1.165, 1.54) is 9.80 Å². The highest BCUT2D eigenvalue weighted by atomic mass is 79.9. The first-order valence-electron chi connectivity index (χ1n) is 18.9. The Morgan fingerprint density at radius 3 is 1.02 bits per heavy atom. The number of nitrogens with zero attached hydrogens (tertiary/aromatic N) is 2. The molecule has 292 valence electrons. The van der Waals surface area contributed by atoms with Gasteiger partial charge in [0.2, 0.25) is 0 Å². The summed E-state index contributed by atoms with van der Waals surface area (Å²) in [5, 5.41) is 5.70. The molecule has 5 aromatic carbocycles. The van der Waals surface area contributed by atoms with Gasteiger partial charge < -0.3 is 9.47 Å². The molecule has 0 radical (unpaired) electrons. The third kappa shape index (κ3) is 6.56. The molecule has 2 unspecified atom stereocenters. The third-order valence-electron chi connectivity index (χ3n) is 10.7. The summed E-state index contributed by atoms with van der Waals surface area (Å²) in [5.74, 6) is -2.62. The topological polar surface area (TPSA) is 127 Å².